The Hall–Kier alpha value is -1.75. The van der Waals surface area contributed by atoms with Crippen LogP contribution in [0.25, 0.3) is 10.8 Å². The summed E-state index contributed by atoms with van der Waals surface area (Å²) in [4.78, 5) is 0. The quantitative estimate of drug-likeness (QED) is 0.784. The fraction of sp³-hybridized carbons (Fsp3) is 0.500. The van der Waals surface area contributed by atoms with Gasteiger partial charge in [-0.15, -0.1) is 0 Å². The summed E-state index contributed by atoms with van der Waals surface area (Å²) in [6, 6.07) is 7.57. The Morgan fingerprint density at radius 3 is 2.32 bits per heavy atom. The van der Waals surface area contributed by atoms with Gasteiger partial charge in [0.1, 0.15) is 11.3 Å². The first-order chi connectivity index (χ1) is 11.8. The van der Waals surface area contributed by atoms with Gasteiger partial charge < -0.3 is 9.84 Å². The summed E-state index contributed by atoms with van der Waals surface area (Å²) in [7, 11) is 0. The topological polar surface area (TPSA) is 29.5 Å². The third kappa shape index (κ3) is 3.92. The molecule has 0 heterocycles. The highest BCUT2D eigenvalue weighted by Gasteiger charge is 2.37. The first-order valence-electron chi connectivity index (χ1n) is 8.68. The summed E-state index contributed by atoms with van der Waals surface area (Å²) in [5.74, 6) is 0.814. The number of hydrogen-bond acceptors (Lipinski definition) is 2. The Kier molecular flexibility index (Phi) is 4.96. The molecule has 5 heteroatoms. The molecule has 0 amide bonds. The molecule has 0 bridgehead atoms. The predicted octanol–water partition coefficient (Wildman–Crippen LogP) is 5.55. The van der Waals surface area contributed by atoms with Gasteiger partial charge in [-0.05, 0) is 59.6 Å². The van der Waals surface area contributed by atoms with Gasteiger partial charge >= 0.3 is 6.18 Å². The summed E-state index contributed by atoms with van der Waals surface area (Å²) in [5.41, 5.74) is -0.135. The molecule has 0 aromatic heterocycles. The van der Waals surface area contributed by atoms with Crippen molar-refractivity contribution >= 4 is 10.8 Å². The Morgan fingerprint density at radius 1 is 1.04 bits per heavy atom. The van der Waals surface area contributed by atoms with Crippen LogP contribution in [0.2, 0.25) is 0 Å². The van der Waals surface area contributed by atoms with Crippen LogP contribution in [0.1, 0.15) is 44.2 Å². The Bertz CT molecular complexity index is 744. The second-order valence-electron chi connectivity index (χ2n) is 7.31. The van der Waals surface area contributed by atoms with E-state index in [0.717, 1.165) is 19.3 Å². The molecule has 3 rings (SSSR count). The Morgan fingerprint density at radius 2 is 1.72 bits per heavy atom. The largest absolute Gasteiger partial charge is 0.490 e. The molecule has 2 nitrogen and oxygen atoms in total. The number of benzene rings is 2. The predicted molar refractivity (Wildman–Crippen MR) is 91.5 cm³/mol. The second-order valence-corrected chi connectivity index (χ2v) is 7.31. The van der Waals surface area contributed by atoms with E-state index >= 15 is 0 Å². The number of aliphatic hydroxyl groups is 1. The zero-order chi connectivity index (χ0) is 18.2. The van der Waals surface area contributed by atoms with Crippen LogP contribution in [0.5, 0.6) is 5.75 Å². The van der Waals surface area contributed by atoms with E-state index in [1.807, 2.05) is 0 Å². The van der Waals surface area contributed by atoms with Crippen molar-refractivity contribution < 1.29 is 23.0 Å². The van der Waals surface area contributed by atoms with Gasteiger partial charge in [0, 0.05) is 0 Å². The van der Waals surface area contributed by atoms with Gasteiger partial charge in [0.25, 0.3) is 0 Å². The maximum Gasteiger partial charge on any atom is 0.420 e. The molecule has 2 aromatic rings. The molecule has 0 saturated heterocycles. The summed E-state index contributed by atoms with van der Waals surface area (Å²) < 4.78 is 47.1. The third-order valence-corrected chi connectivity index (χ3v) is 4.94. The highest BCUT2D eigenvalue weighted by Crippen LogP contribution is 2.43. The Labute approximate surface area is 145 Å². The van der Waals surface area contributed by atoms with E-state index in [-0.39, 0.29) is 23.8 Å². The van der Waals surface area contributed by atoms with Gasteiger partial charge in [-0.25, -0.2) is 0 Å². The van der Waals surface area contributed by atoms with Crippen LogP contribution in [-0.4, -0.2) is 11.2 Å². The molecule has 136 valence electrons. The van der Waals surface area contributed by atoms with Crippen LogP contribution in [0.3, 0.4) is 0 Å². The summed E-state index contributed by atoms with van der Waals surface area (Å²) in [5, 5.41) is 9.77. The lowest BCUT2D eigenvalue weighted by Crippen LogP contribution is -2.29. The SMILES string of the molecule is CC1CC(C)CC(Oc2ccc3cc(CO)ccc3c2C(F)(F)F)C1. The monoisotopic (exact) mass is 352 g/mol. The van der Waals surface area contributed by atoms with Gasteiger partial charge in [0.15, 0.2) is 0 Å². The van der Waals surface area contributed by atoms with Crippen LogP contribution >= 0.6 is 0 Å². The number of fused-ring (bicyclic) bond motifs is 1. The molecule has 1 fully saturated rings. The standard InChI is InChI=1S/C20H23F3O2/c1-12-7-13(2)9-16(8-12)25-18-6-4-15-10-14(11-24)3-5-17(15)19(18)20(21,22)23/h3-6,10,12-13,16,24H,7-9,11H2,1-2H3. The Balaban J connectivity index is 2.02. The number of ether oxygens (including phenoxy) is 1. The van der Waals surface area contributed by atoms with Crippen LogP contribution in [0.4, 0.5) is 13.2 Å². The number of halogens is 3. The lowest BCUT2D eigenvalue weighted by atomic mass is 9.82. The maximum atomic E-state index is 13.7. The van der Waals surface area contributed by atoms with Gasteiger partial charge in [0.05, 0.1) is 12.7 Å². The van der Waals surface area contributed by atoms with E-state index in [2.05, 4.69) is 13.8 Å². The molecule has 1 N–H and O–H groups in total. The second kappa shape index (κ2) is 6.87. The smallest absolute Gasteiger partial charge is 0.420 e. The fourth-order valence-electron chi connectivity index (χ4n) is 4.00. The van der Waals surface area contributed by atoms with Crippen molar-refractivity contribution in [2.75, 3.05) is 0 Å². The van der Waals surface area contributed by atoms with Crippen molar-refractivity contribution in [3.8, 4) is 5.75 Å². The normalized spacial score (nSPS) is 24.5. The zero-order valence-corrected chi connectivity index (χ0v) is 14.4. The number of alkyl halides is 3. The molecular weight excluding hydrogens is 329 g/mol. The van der Waals surface area contributed by atoms with E-state index in [1.165, 1.54) is 18.2 Å². The lowest BCUT2D eigenvalue weighted by molar-refractivity contribution is -0.138. The van der Waals surface area contributed by atoms with E-state index < -0.39 is 11.7 Å². The molecule has 0 spiro atoms. The van der Waals surface area contributed by atoms with Gasteiger partial charge in [-0.3, -0.25) is 0 Å². The van der Waals surface area contributed by atoms with Gasteiger partial charge in [-0.1, -0.05) is 32.0 Å². The molecule has 0 aliphatic heterocycles. The van der Waals surface area contributed by atoms with Gasteiger partial charge in [0.2, 0.25) is 0 Å². The zero-order valence-electron chi connectivity index (χ0n) is 14.4. The fourth-order valence-corrected chi connectivity index (χ4v) is 4.00. The van der Waals surface area contributed by atoms with Crippen molar-refractivity contribution in [2.24, 2.45) is 11.8 Å². The first kappa shape index (κ1) is 18.1. The third-order valence-electron chi connectivity index (χ3n) is 4.94. The maximum absolute atomic E-state index is 13.7. The molecule has 2 atom stereocenters. The molecule has 0 radical (unpaired) electrons. The minimum absolute atomic E-state index is 0.0944. The lowest BCUT2D eigenvalue weighted by Gasteiger charge is -2.32. The van der Waals surface area contributed by atoms with Gasteiger partial charge in [-0.2, -0.15) is 13.2 Å². The molecule has 2 unspecified atom stereocenters. The number of rotatable bonds is 3. The van der Waals surface area contributed by atoms with Crippen LogP contribution in [0, 0.1) is 11.8 Å². The number of aliphatic hydroxyl groups excluding tert-OH is 1. The van der Waals surface area contributed by atoms with E-state index in [9.17, 15) is 18.3 Å². The molecule has 1 aliphatic rings. The van der Waals surface area contributed by atoms with E-state index in [0.29, 0.717) is 22.8 Å². The van der Waals surface area contributed by atoms with Crippen molar-refractivity contribution in [2.45, 2.75) is 52.0 Å². The summed E-state index contributed by atoms with van der Waals surface area (Å²) in [6.45, 7) is 4.04. The highest BCUT2D eigenvalue weighted by molar-refractivity contribution is 5.89. The minimum Gasteiger partial charge on any atom is -0.490 e. The van der Waals surface area contributed by atoms with Crippen LogP contribution in [0.15, 0.2) is 30.3 Å². The first-order valence-corrected chi connectivity index (χ1v) is 8.68. The van der Waals surface area contributed by atoms with Crippen molar-refractivity contribution in [3.05, 3.63) is 41.5 Å². The van der Waals surface area contributed by atoms with Crippen molar-refractivity contribution in [1.82, 2.24) is 0 Å². The van der Waals surface area contributed by atoms with E-state index in [4.69, 9.17) is 4.74 Å². The average molecular weight is 352 g/mol. The van der Waals surface area contributed by atoms with E-state index in [1.54, 1.807) is 12.1 Å². The molecule has 2 aromatic carbocycles. The summed E-state index contributed by atoms with van der Waals surface area (Å²) in [6.07, 6.45) is -2.03. The van der Waals surface area contributed by atoms with Crippen LogP contribution < -0.4 is 4.74 Å². The molecule has 25 heavy (non-hydrogen) atoms. The average Bonchev–Trinajstić information content (AvgIpc) is 2.52. The molecule has 1 aliphatic carbocycles. The van der Waals surface area contributed by atoms with Crippen molar-refractivity contribution in [1.29, 1.82) is 0 Å². The van der Waals surface area contributed by atoms with Crippen molar-refractivity contribution in [3.63, 3.8) is 0 Å². The molecule has 1 saturated carbocycles. The summed E-state index contributed by atoms with van der Waals surface area (Å²) >= 11 is 0. The number of hydrogen-bond donors (Lipinski definition) is 1. The molecular formula is C20H23F3O2. The highest BCUT2D eigenvalue weighted by atomic mass is 19.4. The van der Waals surface area contributed by atoms with Crippen LogP contribution in [-0.2, 0) is 12.8 Å². The minimum atomic E-state index is -4.50.